The fourth-order valence-electron chi connectivity index (χ4n) is 1.87. The van der Waals surface area contributed by atoms with E-state index in [1.807, 2.05) is 0 Å². The summed E-state index contributed by atoms with van der Waals surface area (Å²) in [7, 11) is 0. The van der Waals surface area contributed by atoms with E-state index >= 15 is 0 Å². The summed E-state index contributed by atoms with van der Waals surface area (Å²) in [6.45, 7) is -2.40. The molecule has 19 heavy (non-hydrogen) atoms. The molecule has 1 aromatic heterocycles. The molecule has 6 heteroatoms. The van der Waals surface area contributed by atoms with Crippen molar-refractivity contribution < 1.29 is 13.9 Å². The number of hydrogen-bond donors (Lipinski definition) is 1. The molecule has 2 rings (SSSR count). The molecule has 3 nitrogen and oxygen atoms in total. The summed E-state index contributed by atoms with van der Waals surface area (Å²) < 4.78 is 27.2. The van der Waals surface area contributed by atoms with Crippen molar-refractivity contribution in [2.45, 2.75) is 31.0 Å². The molecule has 0 spiro atoms. The first-order valence-electron chi connectivity index (χ1n) is 6.23. The van der Waals surface area contributed by atoms with Crippen molar-refractivity contribution in [3.05, 3.63) is 24.3 Å². The van der Waals surface area contributed by atoms with Crippen molar-refractivity contribution in [3.8, 4) is 0 Å². The number of fused-ring (bicyclic) bond motifs is 1. The highest BCUT2D eigenvalue weighted by molar-refractivity contribution is 7.99. The molecule has 0 fully saturated rings. The summed E-state index contributed by atoms with van der Waals surface area (Å²) >= 11 is 1.34. The molecule has 0 bridgehead atoms. The van der Waals surface area contributed by atoms with Gasteiger partial charge in [-0.15, -0.1) is 0 Å². The zero-order valence-electron chi connectivity index (χ0n) is 10.4. The van der Waals surface area contributed by atoms with Gasteiger partial charge in [-0.3, -0.25) is 4.57 Å². The van der Waals surface area contributed by atoms with E-state index in [1.165, 1.54) is 11.8 Å². The molecule has 0 radical (unpaired) electrons. The van der Waals surface area contributed by atoms with E-state index in [0.29, 0.717) is 16.2 Å². The lowest BCUT2D eigenvalue weighted by Crippen LogP contribution is -2.00. The van der Waals surface area contributed by atoms with Gasteiger partial charge in [-0.05, 0) is 25.0 Å². The minimum absolute atomic E-state index is 0.181. The number of imidazole rings is 1. The van der Waals surface area contributed by atoms with Crippen molar-refractivity contribution in [2.75, 3.05) is 12.4 Å². The van der Waals surface area contributed by atoms with Crippen LogP contribution in [-0.4, -0.2) is 27.0 Å². The number of halogens is 2. The predicted molar refractivity (Wildman–Crippen MR) is 72.6 cm³/mol. The third-order valence-electron chi connectivity index (χ3n) is 2.79. The van der Waals surface area contributed by atoms with Crippen LogP contribution in [0.4, 0.5) is 8.78 Å². The Hall–Kier alpha value is -1.14. The van der Waals surface area contributed by atoms with E-state index < -0.39 is 6.55 Å². The van der Waals surface area contributed by atoms with Gasteiger partial charge >= 0.3 is 6.55 Å². The number of rotatable bonds is 7. The molecule has 2 aromatic rings. The van der Waals surface area contributed by atoms with Crippen LogP contribution in [0.25, 0.3) is 11.0 Å². The molecule has 0 aliphatic rings. The van der Waals surface area contributed by atoms with Crippen molar-refractivity contribution in [1.29, 1.82) is 0 Å². The fraction of sp³-hybridized carbons (Fsp3) is 0.462. The predicted octanol–water partition coefficient (Wildman–Crippen LogP) is 3.69. The largest absolute Gasteiger partial charge is 0.396 e. The van der Waals surface area contributed by atoms with Crippen LogP contribution in [0.2, 0.25) is 0 Å². The number of alkyl halides is 2. The van der Waals surface area contributed by atoms with Crippen molar-refractivity contribution in [3.63, 3.8) is 0 Å². The number of aliphatic hydroxyl groups excluding tert-OH is 1. The second-order valence-electron chi connectivity index (χ2n) is 4.16. The van der Waals surface area contributed by atoms with Crippen molar-refractivity contribution >= 4 is 22.8 Å². The zero-order valence-corrected chi connectivity index (χ0v) is 11.2. The van der Waals surface area contributed by atoms with E-state index in [2.05, 4.69) is 4.98 Å². The number of aliphatic hydroxyl groups is 1. The van der Waals surface area contributed by atoms with Gasteiger partial charge in [-0.2, -0.15) is 8.78 Å². The minimum Gasteiger partial charge on any atom is -0.396 e. The second-order valence-corrected chi connectivity index (χ2v) is 5.23. The van der Waals surface area contributed by atoms with Gasteiger partial charge in [0.1, 0.15) is 0 Å². The van der Waals surface area contributed by atoms with Crippen LogP contribution in [0.5, 0.6) is 0 Å². The van der Waals surface area contributed by atoms with Crippen molar-refractivity contribution in [1.82, 2.24) is 9.55 Å². The maximum absolute atomic E-state index is 13.1. The van der Waals surface area contributed by atoms with Crippen LogP contribution in [0.3, 0.4) is 0 Å². The molecule has 0 amide bonds. The molecule has 104 valence electrons. The van der Waals surface area contributed by atoms with E-state index in [-0.39, 0.29) is 6.61 Å². The van der Waals surface area contributed by atoms with Gasteiger partial charge in [0.2, 0.25) is 0 Å². The Kier molecular flexibility index (Phi) is 5.15. The third-order valence-corrected chi connectivity index (χ3v) is 3.83. The van der Waals surface area contributed by atoms with E-state index in [1.54, 1.807) is 24.3 Å². The van der Waals surface area contributed by atoms with Crippen LogP contribution < -0.4 is 0 Å². The molecular formula is C13H16F2N2OS. The standard InChI is InChI=1S/C13H16F2N2OS/c14-12(15)17-11-7-3-2-6-10(11)16-13(17)19-9-5-1-4-8-18/h2-3,6-7,12,18H,1,4-5,8-9H2. The average molecular weight is 286 g/mol. The van der Waals surface area contributed by atoms with Gasteiger partial charge in [-0.25, -0.2) is 4.98 Å². The normalized spacial score (nSPS) is 11.6. The quantitative estimate of drug-likeness (QED) is 0.623. The van der Waals surface area contributed by atoms with Crippen LogP contribution in [0.15, 0.2) is 29.4 Å². The number of nitrogens with zero attached hydrogens (tertiary/aromatic N) is 2. The van der Waals surface area contributed by atoms with Gasteiger partial charge in [0.05, 0.1) is 11.0 Å². The SMILES string of the molecule is OCCCCCSc1nc2ccccc2n1C(F)F. The third kappa shape index (κ3) is 3.45. The molecule has 1 heterocycles. The summed E-state index contributed by atoms with van der Waals surface area (Å²) in [4.78, 5) is 4.25. The summed E-state index contributed by atoms with van der Waals surface area (Å²) in [6, 6.07) is 6.92. The molecule has 1 aromatic carbocycles. The number of hydrogen-bond acceptors (Lipinski definition) is 3. The van der Waals surface area contributed by atoms with Crippen LogP contribution >= 0.6 is 11.8 Å². The highest BCUT2D eigenvalue weighted by atomic mass is 32.2. The van der Waals surface area contributed by atoms with E-state index in [0.717, 1.165) is 29.6 Å². The molecular weight excluding hydrogens is 270 g/mol. The number of aromatic nitrogens is 2. The van der Waals surface area contributed by atoms with Gasteiger partial charge in [-0.1, -0.05) is 30.3 Å². The van der Waals surface area contributed by atoms with Crippen molar-refractivity contribution in [2.24, 2.45) is 0 Å². The highest BCUT2D eigenvalue weighted by Crippen LogP contribution is 2.29. The molecule has 0 atom stereocenters. The Morgan fingerprint density at radius 2 is 2.00 bits per heavy atom. The highest BCUT2D eigenvalue weighted by Gasteiger charge is 2.17. The Bertz CT molecular complexity index is 530. The molecule has 0 saturated carbocycles. The lowest BCUT2D eigenvalue weighted by Gasteiger charge is -2.06. The fourth-order valence-corrected chi connectivity index (χ4v) is 2.88. The number of para-hydroxylation sites is 2. The Labute approximate surface area is 114 Å². The molecule has 0 aliphatic carbocycles. The monoisotopic (exact) mass is 286 g/mol. The minimum atomic E-state index is -2.58. The van der Waals surface area contributed by atoms with Gasteiger partial charge < -0.3 is 5.11 Å². The molecule has 0 aliphatic heterocycles. The second kappa shape index (κ2) is 6.86. The first-order chi connectivity index (χ1) is 9.24. The van der Waals surface area contributed by atoms with Gasteiger partial charge in [0, 0.05) is 12.4 Å². The first kappa shape index (κ1) is 14.3. The number of thioether (sulfide) groups is 1. The Morgan fingerprint density at radius 3 is 2.74 bits per heavy atom. The zero-order chi connectivity index (χ0) is 13.7. The molecule has 0 saturated heterocycles. The average Bonchev–Trinajstić information content (AvgIpc) is 2.76. The maximum Gasteiger partial charge on any atom is 0.321 e. The summed E-state index contributed by atoms with van der Waals surface area (Å²) in [5.41, 5.74) is 1.07. The van der Waals surface area contributed by atoms with Gasteiger partial charge in [0.15, 0.2) is 5.16 Å². The maximum atomic E-state index is 13.1. The summed E-state index contributed by atoms with van der Waals surface area (Å²) in [5, 5.41) is 9.03. The van der Waals surface area contributed by atoms with E-state index in [9.17, 15) is 8.78 Å². The summed E-state index contributed by atoms with van der Waals surface area (Å²) in [6.07, 6.45) is 2.54. The number of unbranched alkanes of at least 4 members (excludes halogenated alkanes) is 2. The lowest BCUT2D eigenvalue weighted by atomic mass is 10.3. The first-order valence-corrected chi connectivity index (χ1v) is 7.21. The van der Waals surface area contributed by atoms with Crippen LogP contribution in [0.1, 0.15) is 25.8 Å². The lowest BCUT2D eigenvalue weighted by molar-refractivity contribution is 0.0656. The smallest absolute Gasteiger partial charge is 0.321 e. The Morgan fingerprint density at radius 1 is 1.21 bits per heavy atom. The summed E-state index contributed by atoms with van der Waals surface area (Å²) in [5.74, 6) is 0.732. The van der Waals surface area contributed by atoms with Gasteiger partial charge in [0.25, 0.3) is 0 Å². The van der Waals surface area contributed by atoms with Crippen LogP contribution in [-0.2, 0) is 0 Å². The Balaban J connectivity index is 2.11. The number of benzene rings is 1. The van der Waals surface area contributed by atoms with Crippen LogP contribution in [0, 0.1) is 0 Å². The van der Waals surface area contributed by atoms with E-state index in [4.69, 9.17) is 5.11 Å². The molecule has 0 unspecified atom stereocenters. The molecule has 1 N–H and O–H groups in total. The topological polar surface area (TPSA) is 38.1 Å².